The maximum Gasteiger partial charge on any atom is 0.146 e. The van der Waals surface area contributed by atoms with Gasteiger partial charge in [-0.05, 0) is 38.4 Å². The molecule has 0 aliphatic carbocycles. The number of para-hydroxylation sites is 1. The van der Waals surface area contributed by atoms with E-state index in [1.54, 1.807) is 6.07 Å². The van der Waals surface area contributed by atoms with Crippen LogP contribution in [-0.4, -0.2) is 39.4 Å². The van der Waals surface area contributed by atoms with Crippen LogP contribution in [0.5, 0.6) is 0 Å². The largest absolute Gasteiger partial charge is 0.381 e. The number of benzene rings is 1. The summed E-state index contributed by atoms with van der Waals surface area (Å²) in [4.78, 5) is 2.14. The zero-order chi connectivity index (χ0) is 15.1. The third-order valence-corrected chi connectivity index (χ3v) is 4.21. The summed E-state index contributed by atoms with van der Waals surface area (Å²) in [6.45, 7) is 9.41. The molecule has 4 heteroatoms. The smallest absolute Gasteiger partial charge is 0.146 e. The minimum absolute atomic E-state index is 0.0907. The van der Waals surface area contributed by atoms with Crippen LogP contribution in [0.4, 0.5) is 10.1 Å². The van der Waals surface area contributed by atoms with E-state index in [0.29, 0.717) is 5.69 Å². The Morgan fingerprint density at radius 1 is 1.33 bits per heavy atom. The fraction of sp³-hybridized carbons (Fsp3) is 0.647. The summed E-state index contributed by atoms with van der Waals surface area (Å²) in [5, 5.41) is 3.51. The second-order valence-corrected chi connectivity index (χ2v) is 5.94. The van der Waals surface area contributed by atoms with Gasteiger partial charge in [0.25, 0.3) is 0 Å². The van der Waals surface area contributed by atoms with E-state index in [9.17, 15) is 4.39 Å². The van der Waals surface area contributed by atoms with Crippen molar-refractivity contribution < 1.29 is 9.13 Å². The molecule has 0 aromatic heterocycles. The summed E-state index contributed by atoms with van der Waals surface area (Å²) >= 11 is 0. The van der Waals surface area contributed by atoms with Gasteiger partial charge in [-0.1, -0.05) is 19.1 Å². The maximum absolute atomic E-state index is 14.0. The summed E-state index contributed by atoms with van der Waals surface area (Å²) < 4.78 is 19.7. The average molecular weight is 294 g/mol. The van der Waals surface area contributed by atoms with Gasteiger partial charge in [-0.3, -0.25) is 0 Å². The first-order valence-corrected chi connectivity index (χ1v) is 7.99. The molecule has 1 atom stereocenters. The van der Waals surface area contributed by atoms with E-state index in [2.05, 4.69) is 24.1 Å². The highest BCUT2D eigenvalue weighted by molar-refractivity contribution is 5.47. The second kappa shape index (κ2) is 7.76. The minimum Gasteiger partial charge on any atom is -0.381 e. The van der Waals surface area contributed by atoms with Crippen molar-refractivity contribution in [1.82, 2.24) is 5.32 Å². The van der Waals surface area contributed by atoms with Gasteiger partial charge in [0.05, 0.1) is 12.3 Å². The molecule has 1 aromatic rings. The molecule has 1 aliphatic heterocycles. The van der Waals surface area contributed by atoms with Crippen LogP contribution in [0.15, 0.2) is 24.3 Å². The Kier molecular flexibility index (Phi) is 6.00. The maximum atomic E-state index is 14.0. The average Bonchev–Trinajstić information content (AvgIpc) is 2.95. The second-order valence-electron chi connectivity index (χ2n) is 5.94. The molecule has 0 saturated carbocycles. The quantitative estimate of drug-likeness (QED) is 0.746. The molecule has 1 fully saturated rings. The molecule has 2 rings (SSSR count). The predicted octanol–water partition coefficient (Wildman–Crippen LogP) is 3.06. The Morgan fingerprint density at radius 3 is 2.76 bits per heavy atom. The molecule has 118 valence electrons. The van der Waals surface area contributed by atoms with E-state index in [4.69, 9.17) is 4.74 Å². The summed E-state index contributed by atoms with van der Waals surface area (Å²) in [5.74, 6) is -0.144. The molecular formula is C17H27FN2O. The first kappa shape index (κ1) is 16.2. The van der Waals surface area contributed by atoms with Gasteiger partial charge in [0, 0.05) is 31.7 Å². The van der Waals surface area contributed by atoms with Gasteiger partial charge in [0.15, 0.2) is 0 Å². The van der Waals surface area contributed by atoms with Crippen molar-refractivity contribution in [3.63, 3.8) is 0 Å². The minimum atomic E-state index is -0.144. The SMILES string of the molecule is CCCNCC1(CN(CC)c2ccccc2F)CCOC1. The van der Waals surface area contributed by atoms with Crippen molar-refractivity contribution >= 4 is 5.69 Å². The van der Waals surface area contributed by atoms with Crippen LogP contribution in [0.3, 0.4) is 0 Å². The van der Waals surface area contributed by atoms with Gasteiger partial charge in [-0.25, -0.2) is 4.39 Å². The summed E-state index contributed by atoms with van der Waals surface area (Å²) in [6, 6.07) is 7.03. The van der Waals surface area contributed by atoms with Crippen LogP contribution in [0, 0.1) is 11.2 Å². The topological polar surface area (TPSA) is 24.5 Å². The summed E-state index contributed by atoms with van der Waals surface area (Å²) in [5.41, 5.74) is 0.787. The number of hydrogen-bond acceptors (Lipinski definition) is 3. The number of hydrogen-bond donors (Lipinski definition) is 1. The number of anilines is 1. The van der Waals surface area contributed by atoms with Crippen molar-refractivity contribution in [2.45, 2.75) is 26.7 Å². The Morgan fingerprint density at radius 2 is 2.14 bits per heavy atom. The first-order valence-electron chi connectivity index (χ1n) is 7.99. The van der Waals surface area contributed by atoms with E-state index in [0.717, 1.165) is 52.2 Å². The molecule has 0 spiro atoms. The lowest BCUT2D eigenvalue weighted by Gasteiger charge is -2.35. The van der Waals surface area contributed by atoms with Gasteiger partial charge in [0.2, 0.25) is 0 Å². The Labute approximate surface area is 127 Å². The number of ether oxygens (including phenoxy) is 1. The number of halogens is 1. The lowest BCUT2D eigenvalue weighted by molar-refractivity contribution is 0.152. The lowest BCUT2D eigenvalue weighted by Crippen LogP contribution is -2.45. The molecule has 1 aromatic carbocycles. The molecule has 1 saturated heterocycles. The van der Waals surface area contributed by atoms with Gasteiger partial charge in [-0.2, -0.15) is 0 Å². The normalized spacial score (nSPS) is 21.7. The Balaban J connectivity index is 2.09. The summed E-state index contributed by atoms with van der Waals surface area (Å²) in [6.07, 6.45) is 2.16. The molecule has 1 N–H and O–H groups in total. The fourth-order valence-corrected chi connectivity index (χ4v) is 2.98. The van der Waals surface area contributed by atoms with Crippen molar-refractivity contribution in [1.29, 1.82) is 0 Å². The van der Waals surface area contributed by atoms with Gasteiger partial charge >= 0.3 is 0 Å². The van der Waals surface area contributed by atoms with Crippen molar-refractivity contribution in [3.8, 4) is 0 Å². The van der Waals surface area contributed by atoms with Gasteiger partial charge < -0.3 is 15.0 Å². The molecule has 0 amide bonds. The molecule has 3 nitrogen and oxygen atoms in total. The molecule has 0 bridgehead atoms. The van der Waals surface area contributed by atoms with E-state index in [-0.39, 0.29) is 11.2 Å². The molecular weight excluding hydrogens is 267 g/mol. The van der Waals surface area contributed by atoms with Crippen LogP contribution in [-0.2, 0) is 4.74 Å². The predicted molar refractivity (Wildman–Crippen MR) is 85.3 cm³/mol. The van der Waals surface area contributed by atoms with Crippen LogP contribution in [0.25, 0.3) is 0 Å². The highest BCUT2D eigenvalue weighted by Crippen LogP contribution is 2.31. The third kappa shape index (κ3) is 4.17. The van der Waals surface area contributed by atoms with E-state index in [1.807, 2.05) is 12.1 Å². The number of nitrogens with zero attached hydrogens (tertiary/aromatic N) is 1. The standard InChI is InChI=1S/C17H27FN2O/c1-3-10-19-12-17(9-11-21-14-17)13-20(4-2)16-8-6-5-7-15(16)18/h5-8,19H,3-4,9-14H2,1-2H3. The van der Waals surface area contributed by atoms with Crippen molar-refractivity contribution in [2.75, 3.05) is 44.3 Å². The molecule has 1 unspecified atom stereocenters. The molecule has 1 aliphatic rings. The third-order valence-electron chi connectivity index (χ3n) is 4.21. The fourth-order valence-electron chi connectivity index (χ4n) is 2.98. The van der Waals surface area contributed by atoms with Crippen molar-refractivity contribution in [3.05, 3.63) is 30.1 Å². The zero-order valence-corrected chi connectivity index (χ0v) is 13.2. The van der Waals surface area contributed by atoms with E-state index in [1.165, 1.54) is 6.07 Å². The van der Waals surface area contributed by atoms with E-state index < -0.39 is 0 Å². The molecule has 1 heterocycles. The van der Waals surface area contributed by atoms with Crippen LogP contribution in [0.1, 0.15) is 26.7 Å². The molecule has 0 radical (unpaired) electrons. The van der Waals surface area contributed by atoms with Gasteiger partial charge in [0.1, 0.15) is 5.82 Å². The van der Waals surface area contributed by atoms with E-state index >= 15 is 0 Å². The lowest BCUT2D eigenvalue weighted by atomic mass is 9.86. The van der Waals surface area contributed by atoms with Crippen molar-refractivity contribution in [2.24, 2.45) is 5.41 Å². The van der Waals surface area contributed by atoms with Gasteiger partial charge in [-0.15, -0.1) is 0 Å². The van der Waals surface area contributed by atoms with Crippen LogP contribution in [0.2, 0.25) is 0 Å². The Bertz CT molecular complexity index is 433. The monoisotopic (exact) mass is 294 g/mol. The first-order chi connectivity index (χ1) is 10.2. The zero-order valence-electron chi connectivity index (χ0n) is 13.2. The molecule has 21 heavy (non-hydrogen) atoms. The Hall–Kier alpha value is -1.13. The number of rotatable bonds is 8. The van der Waals surface area contributed by atoms with Crippen LogP contribution >= 0.6 is 0 Å². The highest BCUT2D eigenvalue weighted by Gasteiger charge is 2.36. The summed E-state index contributed by atoms with van der Waals surface area (Å²) in [7, 11) is 0. The van der Waals surface area contributed by atoms with Crippen LogP contribution < -0.4 is 10.2 Å². The number of nitrogens with one attached hydrogen (secondary N) is 1. The highest BCUT2D eigenvalue weighted by atomic mass is 19.1.